The summed E-state index contributed by atoms with van der Waals surface area (Å²) in [6.45, 7) is 11.3. The van der Waals surface area contributed by atoms with Crippen molar-refractivity contribution in [2.75, 3.05) is 71.3 Å². The number of urea groups is 1. The largest absolute Gasteiger partial charge is 0.426 e. The molecule has 0 spiro atoms. The first-order valence-corrected chi connectivity index (χ1v) is 18.5. The average molecular weight is 674 g/mol. The van der Waals surface area contributed by atoms with Gasteiger partial charge in [0.25, 0.3) is 0 Å². The molecule has 6 rings (SSSR count). The lowest BCUT2D eigenvalue weighted by Gasteiger charge is -2.42. The minimum Gasteiger partial charge on any atom is -0.351 e. The van der Waals surface area contributed by atoms with Gasteiger partial charge in [-0.25, -0.2) is 9.59 Å². The minimum atomic E-state index is -0.723. The molecular weight excluding hydrogens is 618 g/mol. The second-order valence-electron chi connectivity index (χ2n) is 14.2. The monoisotopic (exact) mass is 673 g/mol. The molecule has 266 valence electrons. The SMILES string of the molecule is CCc1ccc(C[C@@H](NC(=O)ON2CCC(N3CCc4ccccc4NC3=O)CC2)C(=O)N2CCN(C3CCN(C)CC3)CC2)cc1CC. The first-order valence-electron chi connectivity index (χ1n) is 18.5. The number of carbonyl (C=O) groups is 3. The summed E-state index contributed by atoms with van der Waals surface area (Å²) in [6, 6.07) is 14.2. The molecule has 0 aromatic heterocycles. The number of aryl methyl sites for hydroxylation is 2. The Kier molecular flexibility index (Phi) is 11.7. The van der Waals surface area contributed by atoms with Gasteiger partial charge >= 0.3 is 12.1 Å². The van der Waals surface area contributed by atoms with E-state index in [0.717, 1.165) is 62.3 Å². The lowest BCUT2D eigenvalue weighted by atomic mass is 9.96. The Labute approximate surface area is 291 Å². The van der Waals surface area contributed by atoms with E-state index in [4.69, 9.17) is 4.84 Å². The van der Waals surface area contributed by atoms with Gasteiger partial charge in [0.1, 0.15) is 6.04 Å². The topological polar surface area (TPSA) is 101 Å². The van der Waals surface area contributed by atoms with Crippen LogP contribution in [0.3, 0.4) is 0 Å². The molecule has 3 saturated heterocycles. The lowest BCUT2D eigenvalue weighted by Crippen LogP contribution is -2.58. The molecule has 4 heterocycles. The van der Waals surface area contributed by atoms with Crippen LogP contribution in [0.2, 0.25) is 0 Å². The minimum absolute atomic E-state index is 0.0514. The summed E-state index contributed by atoms with van der Waals surface area (Å²) in [5, 5.41) is 7.70. The highest BCUT2D eigenvalue weighted by Gasteiger charge is 2.34. The number of piperazine rings is 1. The Morgan fingerprint density at radius 1 is 0.857 bits per heavy atom. The third-order valence-electron chi connectivity index (χ3n) is 11.1. The number of likely N-dealkylation sites (tertiary alicyclic amines) is 1. The number of hydrogen-bond acceptors (Lipinski definition) is 7. The number of anilines is 1. The van der Waals surface area contributed by atoms with Crippen LogP contribution in [0.5, 0.6) is 0 Å². The molecular formula is C38H55N7O4. The molecule has 2 aromatic rings. The van der Waals surface area contributed by atoms with Crippen LogP contribution in [-0.4, -0.2) is 127 Å². The van der Waals surface area contributed by atoms with Gasteiger partial charge in [-0.3, -0.25) is 9.69 Å². The van der Waals surface area contributed by atoms with E-state index in [9.17, 15) is 14.4 Å². The van der Waals surface area contributed by atoms with Crippen molar-refractivity contribution in [1.82, 2.24) is 30.0 Å². The van der Waals surface area contributed by atoms with Crippen LogP contribution < -0.4 is 10.6 Å². The van der Waals surface area contributed by atoms with Gasteiger partial charge in [-0.15, -0.1) is 5.06 Å². The number of fused-ring (bicyclic) bond motifs is 1. The van der Waals surface area contributed by atoms with Crippen LogP contribution in [0.25, 0.3) is 0 Å². The maximum absolute atomic E-state index is 14.1. The fourth-order valence-corrected chi connectivity index (χ4v) is 8.07. The lowest BCUT2D eigenvalue weighted by molar-refractivity contribution is -0.138. The van der Waals surface area contributed by atoms with Crippen LogP contribution >= 0.6 is 0 Å². The summed E-state index contributed by atoms with van der Waals surface area (Å²) in [6.07, 6.45) is 6.23. The fourth-order valence-electron chi connectivity index (χ4n) is 8.07. The number of para-hydroxylation sites is 1. The highest BCUT2D eigenvalue weighted by Crippen LogP contribution is 2.25. The third-order valence-corrected chi connectivity index (χ3v) is 11.1. The summed E-state index contributed by atoms with van der Waals surface area (Å²) < 4.78 is 0. The van der Waals surface area contributed by atoms with Crippen molar-refractivity contribution in [3.05, 3.63) is 64.7 Å². The van der Waals surface area contributed by atoms with Crippen LogP contribution in [0.1, 0.15) is 61.8 Å². The van der Waals surface area contributed by atoms with Crippen molar-refractivity contribution >= 4 is 23.7 Å². The van der Waals surface area contributed by atoms with Gasteiger partial charge in [0.05, 0.1) is 0 Å². The number of nitrogens with one attached hydrogen (secondary N) is 2. The van der Waals surface area contributed by atoms with Crippen LogP contribution in [0.15, 0.2) is 42.5 Å². The van der Waals surface area contributed by atoms with E-state index in [1.165, 1.54) is 24.0 Å². The summed E-state index contributed by atoms with van der Waals surface area (Å²) in [4.78, 5) is 55.1. The Hall–Kier alpha value is -3.67. The molecule has 2 N–H and O–H groups in total. The highest BCUT2D eigenvalue weighted by atomic mass is 16.7. The third kappa shape index (κ3) is 8.74. The number of carbonyl (C=O) groups excluding carboxylic acids is 3. The van der Waals surface area contributed by atoms with Crippen molar-refractivity contribution < 1.29 is 19.2 Å². The normalized spacial score (nSPS) is 21.1. The molecule has 0 aliphatic carbocycles. The van der Waals surface area contributed by atoms with E-state index in [0.29, 0.717) is 58.0 Å². The van der Waals surface area contributed by atoms with Gasteiger partial charge in [-0.1, -0.05) is 50.2 Å². The Bertz CT molecular complexity index is 1450. The number of hydrogen-bond donors (Lipinski definition) is 2. The van der Waals surface area contributed by atoms with Gasteiger partial charge in [-0.2, -0.15) is 0 Å². The molecule has 11 nitrogen and oxygen atoms in total. The summed E-state index contributed by atoms with van der Waals surface area (Å²) in [5.74, 6) is -0.0514. The van der Waals surface area contributed by atoms with Gasteiger partial charge in [0.2, 0.25) is 5.91 Å². The standard InChI is InChI=1S/C38H55N7O4/c1-4-29-11-10-28(26-30(29)5-2)27-35(36(46)43-24-22-42(23-25-43)32-13-17-41(3)18-14-32)40-38(48)49-44-19-15-33(16-20-44)45-21-12-31-8-6-7-9-34(31)39-37(45)47/h6-11,26,32-33,35H,4-5,12-25,27H2,1-3H3,(H,39,47)(H,40,48)/t35-/m1/s1. The van der Waals surface area contributed by atoms with E-state index in [2.05, 4.69) is 65.6 Å². The predicted molar refractivity (Wildman–Crippen MR) is 191 cm³/mol. The van der Waals surface area contributed by atoms with Crippen LogP contribution in [-0.2, 0) is 35.3 Å². The van der Waals surface area contributed by atoms with E-state index >= 15 is 0 Å². The molecule has 3 fully saturated rings. The van der Waals surface area contributed by atoms with Crippen molar-refractivity contribution in [2.45, 2.75) is 83.3 Å². The van der Waals surface area contributed by atoms with Crippen molar-refractivity contribution in [3.8, 4) is 0 Å². The zero-order valence-electron chi connectivity index (χ0n) is 29.7. The fraction of sp³-hybridized carbons (Fsp3) is 0.605. The zero-order chi connectivity index (χ0) is 34.3. The van der Waals surface area contributed by atoms with Crippen LogP contribution in [0, 0.1) is 0 Å². The molecule has 11 heteroatoms. The summed E-state index contributed by atoms with van der Waals surface area (Å²) in [5.41, 5.74) is 5.66. The second-order valence-corrected chi connectivity index (χ2v) is 14.2. The molecule has 1 atom stereocenters. The number of nitrogens with zero attached hydrogens (tertiary/aromatic N) is 5. The zero-order valence-corrected chi connectivity index (χ0v) is 29.7. The first kappa shape index (κ1) is 35.2. The second kappa shape index (κ2) is 16.4. The first-order chi connectivity index (χ1) is 23.8. The molecule has 0 bridgehead atoms. The van der Waals surface area contributed by atoms with Crippen LogP contribution in [0.4, 0.5) is 15.3 Å². The average Bonchev–Trinajstić information content (AvgIpc) is 3.29. The number of benzene rings is 2. The van der Waals surface area contributed by atoms with Crippen molar-refractivity contribution in [2.24, 2.45) is 0 Å². The van der Waals surface area contributed by atoms with Gasteiger partial charge in [-0.05, 0) is 93.4 Å². The van der Waals surface area contributed by atoms with Gasteiger partial charge < -0.3 is 30.2 Å². The number of hydroxylamine groups is 2. The van der Waals surface area contributed by atoms with E-state index in [1.807, 2.05) is 28.0 Å². The quantitative estimate of drug-likeness (QED) is 0.413. The molecule has 0 radical (unpaired) electrons. The molecule has 0 saturated carbocycles. The predicted octanol–water partition coefficient (Wildman–Crippen LogP) is 4.16. The summed E-state index contributed by atoms with van der Waals surface area (Å²) in [7, 11) is 2.18. The Balaban J connectivity index is 1.05. The van der Waals surface area contributed by atoms with Gasteiger partial charge in [0.15, 0.2) is 0 Å². The van der Waals surface area contributed by atoms with E-state index in [-0.39, 0.29) is 18.0 Å². The van der Waals surface area contributed by atoms with Gasteiger partial charge in [0, 0.05) is 70.0 Å². The molecule has 4 aliphatic heterocycles. The highest BCUT2D eigenvalue weighted by molar-refractivity contribution is 5.91. The molecule has 4 amide bonds. The molecule has 2 aromatic carbocycles. The number of rotatable bonds is 9. The van der Waals surface area contributed by atoms with E-state index in [1.54, 1.807) is 5.06 Å². The molecule has 4 aliphatic rings. The summed E-state index contributed by atoms with van der Waals surface area (Å²) >= 11 is 0. The Morgan fingerprint density at radius 3 is 2.27 bits per heavy atom. The smallest absolute Gasteiger partial charge is 0.351 e. The number of piperidine rings is 2. The van der Waals surface area contributed by atoms with Crippen molar-refractivity contribution in [3.63, 3.8) is 0 Å². The maximum atomic E-state index is 14.1. The number of amides is 4. The Morgan fingerprint density at radius 2 is 1.55 bits per heavy atom. The molecule has 49 heavy (non-hydrogen) atoms. The van der Waals surface area contributed by atoms with Crippen molar-refractivity contribution in [1.29, 1.82) is 0 Å². The molecule has 0 unspecified atom stereocenters. The maximum Gasteiger partial charge on any atom is 0.426 e. The van der Waals surface area contributed by atoms with E-state index < -0.39 is 12.1 Å².